The molecule has 11 heavy (non-hydrogen) atoms. The molecule has 0 saturated heterocycles. The Kier molecular flexibility index (Phi) is 3.46. The van der Waals surface area contributed by atoms with Crippen LogP contribution in [-0.4, -0.2) is 11.8 Å². The van der Waals surface area contributed by atoms with Gasteiger partial charge in [0.05, 0.1) is 6.04 Å². The molecule has 1 atom stereocenters. The fourth-order valence-electron chi connectivity index (χ4n) is 0.755. The van der Waals surface area contributed by atoms with Crippen LogP contribution in [0.5, 0.6) is 0 Å². The van der Waals surface area contributed by atoms with Crippen LogP contribution in [0.25, 0.3) is 0 Å². The lowest BCUT2D eigenvalue weighted by Crippen LogP contribution is -2.60. The third-order valence-electron chi connectivity index (χ3n) is 1.28. The van der Waals surface area contributed by atoms with Crippen molar-refractivity contribution in [2.75, 3.05) is 5.75 Å². The van der Waals surface area contributed by atoms with Gasteiger partial charge in [0.25, 0.3) is 0 Å². The predicted molar refractivity (Wildman–Crippen MR) is 49.5 cm³/mol. The first-order chi connectivity index (χ1) is 5.29. The van der Waals surface area contributed by atoms with Gasteiger partial charge in [0.2, 0.25) is 0 Å². The number of hydrogen-bond donors (Lipinski definition) is 1. The summed E-state index contributed by atoms with van der Waals surface area (Å²) < 4.78 is 0. The van der Waals surface area contributed by atoms with Gasteiger partial charge in [-0.15, -0.1) is 11.8 Å². The third-order valence-corrected chi connectivity index (χ3v) is 2.62. The summed E-state index contributed by atoms with van der Waals surface area (Å²) >= 11 is 1.87. The number of benzene rings is 1. The van der Waals surface area contributed by atoms with Gasteiger partial charge in [-0.1, -0.05) is 18.2 Å². The smallest absolute Gasteiger partial charge is 0.0910 e. The third kappa shape index (κ3) is 3.44. The lowest BCUT2D eigenvalue weighted by atomic mass is 10.4. The average molecular weight is 168 g/mol. The van der Waals surface area contributed by atoms with Gasteiger partial charge >= 0.3 is 0 Å². The molecule has 60 valence electrons. The van der Waals surface area contributed by atoms with E-state index in [4.69, 9.17) is 0 Å². The van der Waals surface area contributed by atoms with Crippen LogP contribution in [0.4, 0.5) is 0 Å². The Bertz CT molecular complexity index is 196. The van der Waals surface area contributed by atoms with Crippen molar-refractivity contribution in [1.29, 1.82) is 0 Å². The second-order valence-corrected chi connectivity index (χ2v) is 3.82. The molecule has 0 aliphatic rings. The van der Waals surface area contributed by atoms with Crippen molar-refractivity contribution in [2.24, 2.45) is 0 Å². The zero-order valence-corrected chi connectivity index (χ0v) is 7.60. The fraction of sp³-hybridized carbons (Fsp3) is 0.333. The Morgan fingerprint density at radius 1 is 1.36 bits per heavy atom. The minimum Gasteiger partial charge on any atom is -0.355 e. The topological polar surface area (TPSA) is 27.6 Å². The molecule has 1 aromatic carbocycles. The molecule has 0 aliphatic heterocycles. The van der Waals surface area contributed by atoms with E-state index in [1.54, 1.807) is 0 Å². The van der Waals surface area contributed by atoms with Crippen molar-refractivity contribution in [1.82, 2.24) is 0 Å². The zero-order valence-electron chi connectivity index (χ0n) is 6.79. The largest absolute Gasteiger partial charge is 0.355 e. The Balaban J connectivity index is 2.39. The van der Waals surface area contributed by atoms with Gasteiger partial charge < -0.3 is 5.73 Å². The average Bonchev–Trinajstić information content (AvgIpc) is 2.03. The van der Waals surface area contributed by atoms with Crippen molar-refractivity contribution in [3.8, 4) is 0 Å². The number of quaternary nitrogens is 1. The summed E-state index contributed by atoms with van der Waals surface area (Å²) in [6.07, 6.45) is 0. The molecule has 0 fully saturated rings. The molecule has 1 nitrogen and oxygen atoms in total. The van der Waals surface area contributed by atoms with Crippen molar-refractivity contribution in [2.45, 2.75) is 17.9 Å². The van der Waals surface area contributed by atoms with Gasteiger partial charge in [-0.25, -0.2) is 0 Å². The van der Waals surface area contributed by atoms with Crippen molar-refractivity contribution >= 4 is 11.8 Å². The zero-order chi connectivity index (χ0) is 8.10. The van der Waals surface area contributed by atoms with Gasteiger partial charge in [0.15, 0.2) is 0 Å². The molecule has 0 saturated carbocycles. The van der Waals surface area contributed by atoms with Crippen LogP contribution in [0.1, 0.15) is 6.92 Å². The van der Waals surface area contributed by atoms with E-state index < -0.39 is 0 Å². The maximum Gasteiger partial charge on any atom is 0.0910 e. The SMILES string of the molecule is CC([NH3+])CSc1ccccc1. The van der Waals surface area contributed by atoms with Gasteiger partial charge in [-0.3, -0.25) is 0 Å². The van der Waals surface area contributed by atoms with Crippen LogP contribution in [-0.2, 0) is 0 Å². The first kappa shape index (κ1) is 8.62. The molecule has 1 unspecified atom stereocenters. The van der Waals surface area contributed by atoms with Crippen LogP contribution in [0.2, 0.25) is 0 Å². The lowest BCUT2D eigenvalue weighted by Gasteiger charge is -2.00. The molecule has 0 bridgehead atoms. The van der Waals surface area contributed by atoms with E-state index in [0.29, 0.717) is 6.04 Å². The van der Waals surface area contributed by atoms with Crippen LogP contribution in [0, 0.1) is 0 Å². The minimum absolute atomic E-state index is 0.528. The summed E-state index contributed by atoms with van der Waals surface area (Å²) in [5.74, 6) is 1.10. The van der Waals surface area contributed by atoms with E-state index in [9.17, 15) is 0 Å². The highest BCUT2D eigenvalue weighted by molar-refractivity contribution is 7.99. The van der Waals surface area contributed by atoms with E-state index >= 15 is 0 Å². The van der Waals surface area contributed by atoms with Gasteiger partial charge in [0, 0.05) is 10.6 Å². The monoisotopic (exact) mass is 168 g/mol. The van der Waals surface area contributed by atoms with Crippen LogP contribution in [0.15, 0.2) is 35.2 Å². The summed E-state index contributed by atoms with van der Waals surface area (Å²) in [7, 11) is 0. The highest BCUT2D eigenvalue weighted by Crippen LogP contribution is 2.16. The standard InChI is InChI=1S/C9H13NS/c1-8(10)7-11-9-5-3-2-4-6-9/h2-6,8H,7,10H2,1H3/p+1. The van der Waals surface area contributed by atoms with Gasteiger partial charge in [0.1, 0.15) is 0 Å². The van der Waals surface area contributed by atoms with E-state index in [1.807, 2.05) is 17.8 Å². The molecule has 1 aromatic rings. The minimum atomic E-state index is 0.528. The van der Waals surface area contributed by atoms with Crippen molar-refractivity contribution < 1.29 is 5.73 Å². The molecule has 0 amide bonds. The fourth-order valence-corrected chi connectivity index (χ4v) is 1.58. The van der Waals surface area contributed by atoms with Crippen molar-refractivity contribution in [3.05, 3.63) is 30.3 Å². The number of thioether (sulfide) groups is 1. The summed E-state index contributed by atoms with van der Waals surface area (Å²) in [4.78, 5) is 1.34. The van der Waals surface area contributed by atoms with E-state index in [-0.39, 0.29) is 0 Å². The quantitative estimate of drug-likeness (QED) is 0.679. The number of rotatable bonds is 3. The summed E-state index contributed by atoms with van der Waals surface area (Å²) in [6, 6.07) is 11.0. The molecule has 0 radical (unpaired) electrons. The molecule has 0 spiro atoms. The summed E-state index contributed by atoms with van der Waals surface area (Å²) in [5.41, 5.74) is 3.93. The normalized spacial score (nSPS) is 12.9. The molecule has 0 aliphatic carbocycles. The first-order valence-corrected chi connectivity index (χ1v) is 4.78. The van der Waals surface area contributed by atoms with E-state index in [0.717, 1.165) is 5.75 Å². The van der Waals surface area contributed by atoms with Gasteiger partial charge in [-0.2, -0.15) is 0 Å². The molecule has 1 rings (SSSR count). The highest BCUT2D eigenvalue weighted by Gasteiger charge is 1.97. The first-order valence-electron chi connectivity index (χ1n) is 3.80. The molecular formula is C9H14NS+. The molecule has 0 aromatic heterocycles. The molecule has 2 heteroatoms. The maximum absolute atomic E-state index is 3.93. The summed E-state index contributed by atoms with van der Waals surface area (Å²) in [5, 5.41) is 0. The Hall–Kier alpha value is -0.470. The lowest BCUT2D eigenvalue weighted by molar-refractivity contribution is -0.406. The van der Waals surface area contributed by atoms with Crippen LogP contribution in [0.3, 0.4) is 0 Å². The Labute approximate surface area is 72.0 Å². The van der Waals surface area contributed by atoms with Crippen LogP contribution >= 0.6 is 11.8 Å². The maximum atomic E-state index is 3.93. The summed E-state index contributed by atoms with van der Waals surface area (Å²) in [6.45, 7) is 2.13. The molecule has 0 heterocycles. The van der Waals surface area contributed by atoms with Crippen molar-refractivity contribution in [3.63, 3.8) is 0 Å². The predicted octanol–water partition coefficient (Wildman–Crippen LogP) is 1.41. The Morgan fingerprint density at radius 3 is 2.55 bits per heavy atom. The Morgan fingerprint density at radius 2 is 2.00 bits per heavy atom. The van der Waals surface area contributed by atoms with E-state index in [1.165, 1.54) is 4.90 Å². The highest BCUT2D eigenvalue weighted by atomic mass is 32.2. The number of hydrogen-bond acceptors (Lipinski definition) is 1. The van der Waals surface area contributed by atoms with E-state index in [2.05, 4.69) is 36.9 Å². The second-order valence-electron chi connectivity index (χ2n) is 2.73. The second kappa shape index (κ2) is 4.42. The van der Waals surface area contributed by atoms with Crippen LogP contribution < -0.4 is 5.73 Å². The van der Waals surface area contributed by atoms with Gasteiger partial charge in [-0.05, 0) is 19.1 Å². The molecular weight excluding hydrogens is 154 g/mol. The molecule has 3 N–H and O–H groups in total.